The zero-order valence-corrected chi connectivity index (χ0v) is 12.4. The summed E-state index contributed by atoms with van der Waals surface area (Å²) in [6.07, 6.45) is 0. The van der Waals surface area contributed by atoms with Crippen molar-refractivity contribution in [1.29, 1.82) is 0 Å². The Morgan fingerprint density at radius 3 is 2.58 bits per heavy atom. The summed E-state index contributed by atoms with van der Waals surface area (Å²) in [7, 11) is 0. The van der Waals surface area contributed by atoms with Crippen molar-refractivity contribution in [3.63, 3.8) is 0 Å². The number of thioether (sulfide) groups is 1. The first kappa shape index (κ1) is 14.1. The van der Waals surface area contributed by atoms with E-state index in [-0.39, 0.29) is 11.7 Å². The molecule has 2 aromatic carbocycles. The van der Waals surface area contributed by atoms with Crippen LogP contribution in [0.1, 0.15) is 43.4 Å². The lowest BCUT2D eigenvalue weighted by Crippen LogP contribution is -1.99. The van der Waals surface area contributed by atoms with E-state index in [9.17, 15) is 4.39 Å². The predicted octanol–water partition coefficient (Wildman–Crippen LogP) is 5.61. The van der Waals surface area contributed by atoms with Crippen LogP contribution in [-0.2, 0) is 5.75 Å². The second kappa shape index (κ2) is 6.25. The Balaban J connectivity index is 0.000000637. The SMILES string of the molecule is CC.CC1c2ccccc2CSc2ccc(F)cc21. The summed E-state index contributed by atoms with van der Waals surface area (Å²) in [5, 5.41) is 0. The van der Waals surface area contributed by atoms with Gasteiger partial charge in [0.25, 0.3) is 0 Å². The van der Waals surface area contributed by atoms with Gasteiger partial charge in [-0.15, -0.1) is 11.8 Å². The maximum Gasteiger partial charge on any atom is 0.123 e. The Bertz CT molecular complexity index is 563. The number of hydrogen-bond acceptors (Lipinski definition) is 1. The second-order valence-electron chi connectivity index (χ2n) is 4.39. The Hall–Kier alpha value is -1.28. The molecule has 0 nitrogen and oxygen atoms in total. The Morgan fingerprint density at radius 1 is 1.05 bits per heavy atom. The zero-order valence-electron chi connectivity index (χ0n) is 11.6. The monoisotopic (exact) mass is 274 g/mol. The third kappa shape index (κ3) is 2.84. The zero-order chi connectivity index (χ0) is 13.8. The lowest BCUT2D eigenvalue weighted by Gasteiger charge is -2.14. The summed E-state index contributed by atoms with van der Waals surface area (Å²) in [4.78, 5) is 1.20. The molecule has 2 heteroatoms. The van der Waals surface area contributed by atoms with Crippen molar-refractivity contribution in [2.24, 2.45) is 0 Å². The standard InChI is InChI=1S/C15H13FS.C2H6/c1-10-13-5-3-2-4-11(13)9-17-15-7-6-12(16)8-14(10)15;1-2/h2-8,10H,9H2,1H3;1-2H3. The molecule has 1 aliphatic rings. The summed E-state index contributed by atoms with van der Waals surface area (Å²) in [6.45, 7) is 6.16. The molecular weight excluding hydrogens is 255 g/mol. The molecule has 0 aliphatic carbocycles. The van der Waals surface area contributed by atoms with E-state index in [1.165, 1.54) is 16.0 Å². The van der Waals surface area contributed by atoms with Crippen molar-refractivity contribution in [2.75, 3.05) is 0 Å². The molecular formula is C17H19FS. The molecule has 0 fully saturated rings. The molecule has 3 rings (SSSR count). The summed E-state index contributed by atoms with van der Waals surface area (Å²) in [6, 6.07) is 13.6. The maximum absolute atomic E-state index is 13.4. The van der Waals surface area contributed by atoms with E-state index in [0.717, 1.165) is 11.3 Å². The number of halogens is 1. The molecule has 1 atom stereocenters. The van der Waals surface area contributed by atoms with Crippen LogP contribution in [-0.4, -0.2) is 0 Å². The van der Waals surface area contributed by atoms with Gasteiger partial charge in [0.2, 0.25) is 0 Å². The molecule has 0 N–H and O–H groups in total. The number of hydrogen-bond donors (Lipinski definition) is 0. The first-order chi connectivity index (χ1) is 9.25. The average molecular weight is 274 g/mol. The van der Waals surface area contributed by atoms with Crippen molar-refractivity contribution in [1.82, 2.24) is 0 Å². The van der Waals surface area contributed by atoms with E-state index < -0.39 is 0 Å². The molecule has 1 aliphatic heterocycles. The van der Waals surface area contributed by atoms with E-state index in [2.05, 4.69) is 31.2 Å². The first-order valence-corrected chi connectivity index (χ1v) is 7.74. The minimum atomic E-state index is -0.143. The molecule has 0 radical (unpaired) electrons. The molecule has 0 aromatic heterocycles. The Morgan fingerprint density at radius 2 is 1.79 bits per heavy atom. The molecule has 100 valence electrons. The lowest BCUT2D eigenvalue weighted by atomic mass is 9.90. The van der Waals surface area contributed by atoms with Gasteiger partial charge in [-0.05, 0) is 34.9 Å². The van der Waals surface area contributed by atoms with E-state index in [4.69, 9.17) is 0 Å². The molecule has 1 unspecified atom stereocenters. The topological polar surface area (TPSA) is 0 Å². The van der Waals surface area contributed by atoms with Crippen LogP contribution < -0.4 is 0 Å². The quantitative estimate of drug-likeness (QED) is 0.601. The molecule has 0 amide bonds. The van der Waals surface area contributed by atoms with E-state index in [1.54, 1.807) is 23.9 Å². The van der Waals surface area contributed by atoms with Gasteiger partial charge >= 0.3 is 0 Å². The fourth-order valence-corrected chi connectivity index (χ4v) is 3.54. The minimum absolute atomic E-state index is 0.143. The second-order valence-corrected chi connectivity index (χ2v) is 5.41. The number of rotatable bonds is 0. The van der Waals surface area contributed by atoms with Gasteiger partial charge in [-0.2, -0.15) is 0 Å². The van der Waals surface area contributed by atoms with Crippen LogP contribution in [0.3, 0.4) is 0 Å². The van der Waals surface area contributed by atoms with Crippen LogP contribution in [0.5, 0.6) is 0 Å². The number of fused-ring (bicyclic) bond motifs is 2. The van der Waals surface area contributed by atoms with Gasteiger partial charge in [-0.25, -0.2) is 4.39 Å². The van der Waals surface area contributed by atoms with Crippen LogP contribution in [0.15, 0.2) is 47.4 Å². The molecule has 2 aromatic rings. The summed E-state index contributed by atoms with van der Waals surface area (Å²) < 4.78 is 13.4. The van der Waals surface area contributed by atoms with Gasteiger partial charge in [0.05, 0.1) is 0 Å². The molecule has 0 saturated carbocycles. The van der Waals surface area contributed by atoms with Gasteiger partial charge in [-0.1, -0.05) is 45.0 Å². The predicted molar refractivity (Wildman–Crippen MR) is 81.3 cm³/mol. The van der Waals surface area contributed by atoms with E-state index in [0.29, 0.717) is 0 Å². The molecule has 0 spiro atoms. The van der Waals surface area contributed by atoms with Crippen molar-refractivity contribution < 1.29 is 4.39 Å². The normalized spacial score (nSPS) is 16.5. The largest absolute Gasteiger partial charge is 0.207 e. The number of benzene rings is 2. The molecule has 0 saturated heterocycles. The fraction of sp³-hybridized carbons (Fsp3) is 0.294. The third-order valence-corrected chi connectivity index (χ3v) is 4.48. The van der Waals surface area contributed by atoms with Gasteiger partial charge in [0.1, 0.15) is 5.82 Å². The van der Waals surface area contributed by atoms with Crippen molar-refractivity contribution >= 4 is 11.8 Å². The van der Waals surface area contributed by atoms with Gasteiger partial charge < -0.3 is 0 Å². The Kier molecular flexibility index (Phi) is 4.65. The van der Waals surface area contributed by atoms with Crippen molar-refractivity contribution in [3.05, 3.63) is 65.0 Å². The molecule has 1 heterocycles. The lowest BCUT2D eigenvalue weighted by molar-refractivity contribution is 0.622. The summed E-state index contributed by atoms with van der Waals surface area (Å²) in [5.41, 5.74) is 3.80. The minimum Gasteiger partial charge on any atom is -0.207 e. The van der Waals surface area contributed by atoms with Crippen molar-refractivity contribution in [3.8, 4) is 0 Å². The highest BCUT2D eigenvalue weighted by molar-refractivity contribution is 7.98. The third-order valence-electron chi connectivity index (χ3n) is 3.34. The smallest absolute Gasteiger partial charge is 0.123 e. The highest BCUT2D eigenvalue weighted by Gasteiger charge is 2.20. The van der Waals surface area contributed by atoms with Crippen molar-refractivity contribution in [2.45, 2.75) is 37.3 Å². The summed E-state index contributed by atoms with van der Waals surface area (Å²) in [5.74, 6) is 1.10. The van der Waals surface area contributed by atoms with Crippen LogP contribution in [0.2, 0.25) is 0 Å². The van der Waals surface area contributed by atoms with E-state index in [1.807, 2.05) is 19.9 Å². The Labute approximate surface area is 119 Å². The van der Waals surface area contributed by atoms with E-state index >= 15 is 0 Å². The summed E-state index contributed by atoms with van der Waals surface area (Å²) >= 11 is 1.80. The molecule has 19 heavy (non-hydrogen) atoms. The highest BCUT2D eigenvalue weighted by atomic mass is 32.2. The maximum atomic E-state index is 13.4. The van der Waals surface area contributed by atoms with Gasteiger partial charge in [-0.3, -0.25) is 0 Å². The average Bonchev–Trinajstić information content (AvgIpc) is 2.60. The van der Waals surface area contributed by atoms with Crippen LogP contribution >= 0.6 is 11.8 Å². The van der Waals surface area contributed by atoms with Crippen LogP contribution in [0, 0.1) is 5.82 Å². The van der Waals surface area contributed by atoms with Gasteiger partial charge in [0, 0.05) is 16.6 Å². The highest BCUT2D eigenvalue weighted by Crippen LogP contribution is 2.40. The fourth-order valence-electron chi connectivity index (χ4n) is 2.40. The first-order valence-electron chi connectivity index (χ1n) is 6.76. The van der Waals surface area contributed by atoms with Gasteiger partial charge in [0.15, 0.2) is 0 Å². The van der Waals surface area contributed by atoms with Crippen LogP contribution in [0.4, 0.5) is 4.39 Å². The van der Waals surface area contributed by atoms with Crippen LogP contribution in [0.25, 0.3) is 0 Å². The molecule has 0 bridgehead atoms.